The number of esters is 1. The Morgan fingerprint density at radius 3 is 2.24 bits per heavy atom. The molecule has 0 radical (unpaired) electrons. The van der Waals surface area contributed by atoms with Gasteiger partial charge in [-0.15, -0.1) is 0 Å². The first-order chi connectivity index (χ1) is 7.43. The monoisotopic (exact) mass is 251 g/mol. The van der Waals surface area contributed by atoms with Gasteiger partial charge in [0.1, 0.15) is 0 Å². The first-order valence-corrected chi connectivity index (χ1v) is 5.23. The fraction of sp³-hybridized carbons (Fsp3) is 0.727. The summed E-state index contributed by atoms with van der Waals surface area (Å²) in [4.78, 5) is 22.4. The van der Waals surface area contributed by atoms with Crippen molar-refractivity contribution in [2.75, 3.05) is 6.61 Å². The van der Waals surface area contributed by atoms with Gasteiger partial charge in [-0.3, -0.25) is 9.59 Å². The molecule has 0 aliphatic heterocycles. The Kier molecular flexibility index (Phi) is 10.5. The molecule has 0 aromatic heterocycles. The van der Waals surface area contributed by atoms with E-state index >= 15 is 0 Å². The van der Waals surface area contributed by atoms with Crippen molar-refractivity contribution in [3.05, 3.63) is 0 Å². The van der Waals surface area contributed by atoms with Crippen LogP contribution in [0.25, 0.3) is 0 Å². The number of carbonyl (C=O) groups is 2. The fourth-order valence-electron chi connectivity index (χ4n) is 1.44. The third kappa shape index (κ3) is 6.67. The number of carbonyl (C=O) groups excluding carboxylic acids is 1. The van der Waals surface area contributed by atoms with Crippen molar-refractivity contribution in [3.63, 3.8) is 0 Å². The third-order valence-electron chi connectivity index (χ3n) is 2.10. The van der Waals surface area contributed by atoms with Crippen molar-refractivity contribution >= 4 is 41.5 Å². The molecule has 0 saturated carbocycles. The molecule has 0 aliphatic rings. The summed E-state index contributed by atoms with van der Waals surface area (Å²) >= 11 is 0. The zero-order valence-corrected chi connectivity index (χ0v) is 9.77. The molecule has 0 heterocycles. The molecule has 0 bridgehead atoms. The van der Waals surface area contributed by atoms with Gasteiger partial charge in [-0.1, -0.05) is 13.8 Å². The summed E-state index contributed by atoms with van der Waals surface area (Å²) in [6.07, 6.45) is 0.367. The third-order valence-corrected chi connectivity index (χ3v) is 2.10. The van der Waals surface area contributed by atoms with Gasteiger partial charge >= 0.3 is 41.5 Å². The van der Waals surface area contributed by atoms with E-state index in [1.54, 1.807) is 6.92 Å². The van der Waals surface area contributed by atoms with Crippen molar-refractivity contribution in [3.8, 4) is 6.07 Å². The standard InChI is InChI=1S/C11H17NO4.Na.H/c1-4-16-11(15)9(10(13)14)8(6-12)5-7(2)3;;/h7-9H,4-5H2,1-3H3,(H,13,14);;/t8-,9?;;/m1../s1. The number of rotatable bonds is 6. The molecular weight excluding hydrogens is 233 g/mol. The first-order valence-electron chi connectivity index (χ1n) is 5.23. The van der Waals surface area contributed by atoms with E-state index in [1.165, 1.54) is 0 Å². The van der Waals surface area contributed by atoms with Gasteiger partial charge in [0.05, 0.1) is 18.6 Å². The number of nitriles is 1. The molecule has 0 saturated heterocycles. The van der Waals surface area contributed by atoms with Gasteiger partial charge in [0.25, 0.3) is 0 Å². The number of hydrogen-bond acceptors (Lipinski definition) is 4. The van der Waals surface area contributed by atoms with E-state index < -0.39 is 23.8 Å². The van der Waals surface area contributed by atoms with Gasteiger partial charge in [-0.2, -0.15) is 5.26 Å². The van der Waals surface area contributed by atoms with Crippen molar-refractivity contribution in [1.29, 1.82) is 5.26 Å². The average Bonchev–Trinajstić information content (AvgIpc) is 2.15. The molecule has 6 heteroatoms. The second kappa shape index (κ2) is 9.46. The number of ether oxygens (including phenoxy) is 1. The van der Waals surface area contributed by atoms with Crippen LogP contribution >= 0.6 is 0 Å². The van der Waals surface area contributed by atoms with Crippen LogP contribution in [0.3, 0.4) is 0 Å². The summed E-state index contributed by atoms with van der Waals surface area (Å²) in [7, 11) is 0. The van der Waals surface area contributed by atoms with Crippen molar-refractivity contribution in [2.24, 2.45) is 17.8 Å². The fourth-order valence-corrected chi connectivity index (χ4v) is 1.44. The molecule has 0 rings (SSSR count). The van der Waals surface area contributed by atoms with Gasteiger partial charge in [0.15, 0.2) is 5.92 Å². The van der Waals surface area contributed by atoms with E-state index in [2.05, 4.69) is 4.74 Å². The number of carboxylic acid groups (broad SMARTS) is 1. The molecule has 17 heavy (non-hydrogen) atoms. The topological polar surface area (TPSA) is 87.4 Å². The van der Waals surface area contributed by atoms with E-state index in [-0.39, 0.29) is 42.1 Å². The van der Waals surface area contributed by atoms with Gasteiger partial charge in [0, 0.05) is 0 Å². The van der Waals surface area contributed by atoms with Crippen molar-refractivity contribution in [2.45, 2.75) is 27.2 Å². The molecule has 0 spiro atoms. The Hall–Kier alpha value is -0.570. The molecule has 0 fully saturated rings. The molecule has 5 nitrogen and oxygen atoms in total. The normalized spacial score (nSPS) is 13.1. The van der Waals surface area contributed by atoms with Crippen molar-refractivity contribution in [1.82, 2.24) is 0 Å². The molecule has 1 unspecified atom stereocenters. The molecule has 1 N–H and O–H groups in total. The van der Waals surface area contributed by atoms with Crippen LogP contribution in [0.15, 0.2) is 0 Å². The molecule has 0 aliphatic carbocycles. The predicted octanol–water partition coefficient (Wildman–Crippen LogP) is 0.788. The first kappa shape index (κ1) is 18.8. The van der Waals surface area contributed by atoms with E-state index in [0.717, 1.165) is 0 Å². The summed E-state index contributed by atoms with van der Waals surface area (Å²) in [5.74, 6) is -4.20. The second-order valence-electron chi connectivity index (χ2n) is 3.93. The Labute approximate surface area is 123 Å². The van der Waals surface area contributed by atoms with Gasteiger partial charge < -0.3 is 9.84 Å². The average molecular weight is 251 g/mol. The number of nitrogens with zero attached hydrogens (tertiary/aromatic N) is 1. The Morgan fingerprint density at radius 2 is 1.94 bits per heavy atom. The van der Waals surface area contributed by atoms with Crippen LogP contribution in [0.5, 0.6) is 0 Å². The van der Waals surface area contributed by atoms with Gasteiger partial charge in [-0.25, -0.2) is 0 Å². The van der Waals surface area contributed by atoms with E-state index in [9.17, 15) is 9.59 Å². The van der Waals surface area contributed by atoms with Crippen molar-refractivity contribution < 1.29 is 19.4 Å². The molecular formula is C11H18NNaO4. The second-order valence-corrected chi connectivity index (χ2v) is 3.93. The minimum absolute atomic E-state index is 0. The maximum atomic E-state index is 11.4. The number of carboxylic acids is 1. The van der Waals surface area contributed by atoms with Crippen LogP contribution in [0, 0.1) is 29.1 Å². The van der Waals surface area contributed by atoms with Gasteiger partial charge in [-0.05, 0) is 19.3 Å². The van der Waals surface area contributed by atoms with Crippen LogP contribution in [-0.4, -0.2) is 53.2 Å². The van der Waals surface area contributed by atoms with Crippen LogP contribution in [0.2, 0.25) is 0 Å². The van der Waals surface area contributed by atoms with Crippen LogP contribution in [0.4, 0.5) is 0 Å². The Balaban J connectivity index is 0. The van der Waals surface area contributed by atoms with Crippen LogP contribution < -0.4 is 0 Å². The summed E-state index contributed by atoms with van der Waals surface area (Å²) in [6.45, 7) is 5.45. The minimum atomic E-state index is -1.38. The molecule has 0 aromatic carbocycles. The van der Waals surface area contributed by atoms with Crippen LogP contribution in [-0.2, 0) is 14.3 Å². The van der Waals surface area contributed by atoms with E-state index in [4.69, 9.17) is 10.4 Å². The number of aliphatic carboxylic acids is 1. The Morgan fingerprint density at radius 1 is 1.41 bits per heavy atom. The molecule has 0 amide bonds. The number of hydrogen-bond donors (Lipinski definition) is 1. The van der Waals surface area contributed by atoms with E-state index in [0.29, 0.717) is 6.42 Å². The quantitative estimate of drug-likeness (QED) is 0.428. The summed E-state index contributed by atoms with van der Waals surface area (Å²) in [5.41, 5.74) is 0. The molecule has 0 aromatic rings. The maximum absolute atomic E-state index is 11.4. The predicted molar refractivity (Wildman–Crippen MR) is 63.5 cm³/mol. The SMILES string of the molecule is CCOC(=O)C(C(=O)O)[C@@H](C#N)CC(C)C.[NaH]. The van der Waals surface area contributed by atoms with Gasteiger partial charge in [0.2, 0.25) is 0 Å². The zero-order chi connectivity index (χ0) is 12.7. The summed E-state index contributed by atoms with van der Waals surface area (Å²) in [5, 5.41) is 17.8. The zero-order valence-electron chi connectivity index (χ0n) is 9.77. The summed E-state index contributed by atoms with van der Waals surface area (Å²) < 4.78 is 4.66. The summed E-state index contributed by atoms with van der Waals surface area (Å²) in [6, 6.07) is 1.87. The van der Waals surface area contributed by atoms with E-state index in [1.807, 2.05) is 19.9 Å². The van der Waals surface area contributed by atoms with Crippen LogP contribution in [0.1, 0.15) is 27.2 Å². The molecule has 2 atom stereocenters. The Bertz CT molecular complexity index is 298. The molecule has 92 valence electrons.